The summed E-state index contributed by atoms with van der Waals surface area (Å²) in [6.07, 6.45) is 0. The highest BCUT2D eigenvalue weighted by Crippen LogP contribution is 2.39. The first-order valence-electron chi connectivity index (χ1n) is 9.68. The second-order valence-electron chi connectivity index (χ2n) is 7.31. The van der Waals surface area contributed by atoms with Gasteiger partial charge in [0.05, 0.1) is 31.6 Å². The summed E-state index contributed by atoms with van der Waals surface area (Å²) in [6, 6.07) is 13.2. The largest absolute Gasteiger partial charge is 0.495 e. The minimum atomic E-state index is -0.329. The number of ether oxygens (including phenoxy) is 2. The van der Waals surface area contributed by atoms with Gasteiger partial charge in [-0.1, -0.05) is 35.9 Å². The Bertz CT molecular complexity index is 988. The molecule has 0 unspecified atom stereocenters. The summed E-state index contributed by atoms with van der Waals surface area (Å²) in [5.41, 5.74) is 4.11. The fourth-order valence-corrected chi connectivity index (χ4v) is 3.77. The van der Waals surface area contributed by atoms with Gasteiger partial charge in [0.1, 0.15) is 11.4 Å². The van der Waals surface area contributed by atoms with Crippen LogP contribution in [0.4, 0.5) is 5.69 Å². The van der Waals surface area contributed by atoms with Crippen LogP contribution >= 0.6 is 0 Å². The van der Waals surface area contributed by atoms with Crippen molar-refractivity contribution in [1.82, 2.24) is 4.90 Å². The number of amides is 2. The molecule has 0 aromatic heterocycles. The van der Waals surface area contributed by atoms with E-state index < -0.39 is 0 Å². The third-order valence-corrected chi connectivity index (χ3v) is 5.30. The number of aryl methyl sites for hydroxylation is 2. The van der Waals surface area contributed by atoms with Crippen LogP contribution in [0.25, 0.3) is 5.57 Å². The van der Waals surface area contributed by atoms with Crippen LogP contribution in [0.3, 0.4) is 0 Å². The van der Waals surface area contributed by atoms with Crippen molar-refractivity contribution in [1.29, 1.82) is 0 Å². The van der Waals surface area contributed by atoms with Crippen molar-refractivity contribution in [2.24, 2.45) is 0 Å². The SMILES string of the molecule is COc1ccc(C)cc1N1C(=O)C(c2ccc(C)cc2)=C(N2CCOCC2)C1=O. The lowest BCUT2D eigenvalue weighted by Gasteiger charge is -2.29. The van der Waals surface area contributed by atoms with Crippen molar-refractivity contribution in [3.05, 3.63) is 64.9 Å². The van der Waals surface area contributed by atoms with Crippen LogP contribution in [0.1, 0.15) is 16.7 Å². The third kappa shape index (κ3) is 3.40. The third-order valence-electron chi connectivity index (χ3n) is 5.30. The van der Waals surface area contributed by atoms with Gasteiger partial charge in [-0.2, -0.15) is 0 Å². The predicted molar refractivity (Wildman–Crippen MR) is 111 cm³/mol. The molecule has 29 heavy (non-hydrogen) atoms. The quantitative estimate of drug-likeness (QED) is 0.749. The molecule has 1 fully saturated rings. The molecule has 1 saturated heterocycles. The predicted octanol–water partition coefficient (Wildman–Crippen LogP) is 2.93. The molecule has 0 N–H and O–H groups in total. The Morgan fingerprint density at radius 2 is 1.55 bits per heavy atom. The number of carbonyl (C=O) groups excluding carboxylic acids is 2. The molecule has 2 aliphatic heterocycles. The number of nitrogens with zero attached hydrogens (tertiary/aromatic N) is 2. The zero-order chi connectivity index (χ0) is 20.5. The molecule has 2 amide bonds. The van der Waals surface area contributed by atoms with E-state index in [0.717, 1.165) is 16.7 Å². The van der Waals surface area contributed by atoms with Crippen molar-refractivity contribution in [3.63, 3.8) is 0 Å². The van der Waals surface area contributed by atoms with Crippen molar-refractivity contribution < 1.29 is 19.1 Å². The summed E-state index contributed by atoms with van der Waals surface area (Å²) in [5.74, 6) is -0.163. The summed E-state index contributed by atoms with van der Waals surface area (Å²) < 4.78 is 10.9. The van der Waals surface area contributed by atoms with Gasteiger partial charge in [-0.15, -0.1) is 0 Å². The van der Waals surface area contributed by atoms with E-state index in [0.29, 0.717) is 49.0 Å². The van der Waals surface area contributed by atoms with Gasteiger partial charge in [-0.3, -0.25) is 9.59 Å². The Labute approximate surface area is 170 Å². The van der Waals surface area contributed by atoms with E-state index in [1.54, 1.807) is 6.07 Å². The van der Waals surface area contributed by atoms with Crippen LogP contribution in [0.15, 0.2) is 48.2 Å². The molecule has 0 saturated carbocycles. The van der Waals surface area contributed by atoms with E-state index in [1.165, 1.54) is 12.0 Å². The first kappa shape index (κ1) is 19.2. The standard InChI is InChI=1S/C23H24N2O4/c1-15-4-7-17(8-5-15)20-21(24-10-12-29-13-11-24)23(27)25(22(20)26)18-14-16(2)6-9-19(18)28-3/h4-9,14H,10-13H2,1-3H3. The minimum absolute atomic E-state index is 0.323. The van der Waals surface area contributed by atoms with Crippen molar-refractivity contribution in [2.75, 3.05) is 38.3 Å². The van der Waals surface area contributed by atoms with E-state index in [2.05, 4.69) is 0 Å². The van der Waals surface area contributed by atoms with Crippen LogP contribution < -0.4 is 9.64 Å². The number of benzene rings is 2. The normalized spacial score (nSPS) is 17.3. The summed E-state index contributed by atoms with van der Waals surface area (Å²) in [4.78, 5) is 30.3. The van der Waals surface area contributed by atoms with Gasteiger partial charge < -0.3 is 14.4 Å². The minimum Gasteiger partial charge on any atom is -0.495 e. The molecule has 0 aliphatic carbocycles. The molecule has 4 rings (SSSR count). The topological polar surface area (TPSA) is 59.1 Å². The zero-order valence-corrected chi connectivity index (χ0v) is 16.9. The molecule has 6 heteroatoms. The molecule has 2 aromatic carbocycles. The van der Waals surface area contributed by atoms with Gasteiger partial charge in [0.15, 0.2) is 0 Å². The lowest BCUT2D eigenvalue weighted by Crippen LogP contribution is -2.40. The number of hydrogen-bond donors (Lipinski definition) is 0. The second kappa shape index (κ2) is 7.72. The Balaban J connectivity index is 1.86. The molecule has 0 atom stereocenters. The molecule has 0 bridgehead atoms. The average Bonchev–Trinajstić information content (AvgIpc) is 2.99. The number of anilines is 1. The monoisotopic (exact) mass is 392 g/mol. The molecule has 2 aliphatic rings. The van der Waals surface area contributed by atoms with E-state index in [-0.39, 0.29) is 11.8 Å². The molecular formula is C23H24N2O4. The van der Waals surface area contributed by atoms with Crippen LogP contribution in [-0.2, 0) is 14.3 Å². The lowest BCUT2D eigenvalue weighted by atomic mass is 10.0. The number of rotatable bonds is 4. The second-order valence-corrected chi connectivity index (χ2v) is 7.31. The van der Waals surface area contributed by atoms with Gasteiger partial charge in [0, 0.05) is 13.1 Å². The summed E-state index contributed by atoms with van der Waals surface area (Å²) in [7, 11) is 1.54. The maximum atomic E-state index is 13.6. The summed E-state index contributed by atoms with van der Waals surface area (Å²) in [5, 5.41) is 0. The Morgan fingerprint density at radius 3 is 2.21 bits per heavy atom. The molecule has 2 heterocycles. The fraction of sp³-hybridized carbons (Fsp3) is 0.304. The smallest absolute Gasteiger partial charge is 0.282 e. The highest BCUT2D eigenvalue weighted by Gasteiger charge is 2.43. The zero-order valence-electron chi connectivity index (χ0n) is 16.9. The van der Waals surface area contributed by atoms with E-state index in [9.17, 15) is 9.59 Å². The van der Waals surface area contributed by atoms with Gasteiger partial charge >= 0.3 is 0 Å². The van der Waals surface area contributed by atoms with E-state index >= 15 is 0 Å². The van der Waals surface area contributed by atoms with Gasteiger partial charge in [0.25, 0.3) is 11.8 Å². The van der Waals surface area contributed by atoms with Crippen LogP contribution in [0.5, 0.6) is 5.75 Å². The Kier molecular flexibility index (Phi) is 5.11. The highest BCUT2D eigenvalue weighted by molar-refractivity contribution is 6.45. The van der Waals surface area contributed by atoms with Gasteiger partial charge in [0.2, 0.25) is 0 Å². The molecular weight excluding hydrogens is 368 g/mol. The summed E-state index contributed by atoms with van der Waals surface area (Å²) in [6.45, 7) is 6.11. The van der Waals surface area contributed by atoms with Crippen LogP contribution in [0.2, 0.25) is 0 Å². The number of morpholine rings is 1. The van der Waals surface area contributed by atoms with Crippen LogP contribution in [0, 0.1) is 13.8 Å². The van der Waals surface area contributed by atoms with Gasteiger partial charge in [-0.25, -0.2) is 4.90 Å². The molecule has 0 radical (unpaired) electrons. The van der Waals surface area contributed by atoms with Crippen molar-refractivity contribution in [3.8, 4) is 5.75 Å². The Morgan fingerprint density at radius 1 is 0.897 bits per heavy atom. The maximum absolute atomic E-state index is 13.6. The fourth-order valence-electron chi connectivity index (χ4n) is 3.77. The van der Waals surface area contributed by atoms with Crippen molar-refractivity contribution >= 4 is 23.1 Å². The molecule has 0 spiro atoms. The Hall–Kier alpha value is -3.12. The number of imide groups is 1. The molecule has 150 valence electrons. The first-order valence-corrected chi connectivity index (χ1v) is 9.68. The molecule has 6 nitrogen and oxygen atoms in total. The van der Waals surface area contributed by atoms with Gasteiger partial charge in [-0.05, 0) is 37.1 Å². The lowest BCUT2D eigenvalue weighted by molar-refractivity contribution is -0.121. The number of methoxy groups -OCH3 is 1. The average molecular weight is 392 g/mol. The van der Waals surface area contributed by atoms with E-state index in [4.69, 9.17) is 9.47 Å². The van der Waals surface area contributed by atoms with E-state index in [1.807, 2.05) is 55.1 Å². The maximum Gasteiger partial charge on any atom is 0.282 e. The highest BCUT2D eigenvalue weighted by atomic mass is 16.5. The van der Waals surface area contributed by atoms with Crippen molar-refractivity contribution in [2.45, 2.75) is 13.8 Å². The first-order chi connectivity index (χ1) is 14.0. The molecule has 2 aromatic rings. The summed E-state index contributed by atoms with van der Waals surface area (Å²) >= 11 is 0. The van der Waals surface area contributed by atoms with Crippen LogP contribution in [-0.4, -0.2) is 50.1 Å². The number of hydrogen-bond acceptors (Lipinski definition) is 5. The number of carbonyl (C=O) groups is 2.